The van der Waals surface area contributed by atoms with E-state index in [1.165, 1.54) is 0 Å². The summed E-state index contributed by atoms with van der Waals surface area (Å²) in [5, 5.41) is 0. The second-order valence-corrected chi connectivity index (χ2v) is 5.24. The molecule has 0 aliphatic heterocycles. The fraction of sp³-hybridized carbons (Fsp3) is 0.900. The van der Waals surface area contributed by atoms with E-state index < -0.39 is 0 Å². The van der Waals surface area contributed by atoms with Crippen molar-refractivity contribution in [3.63, 3.8) is 0 Å². The molecular formula is C10H18O2S. The molecule has 0 N–H and O–H groups in total. The standard InChI is InChI=1S/C10H18O2S/c1-9(2,3)12-8(11)6-10(7-13)4-5-10/h13H,4-7H2,1-3H3. The number of hydrogen-bond acceptors (Lipinski definition) is 3. The fourth-order valence-corrected chi connectivity index (χ4v) is 1.68. The predicted octanol–water partition coefficient (Wildman–Crippen LogP) is 2.43. The maximum atomic E-state index is 11.4. The van der Waals surface area contributed by atoms with Gasteiger partial charge in [-0.25, -0.2) is 0 Å². The van der Waals surface area contributed by atoms with Crippen LogP contribution in [-0.4, -0.2) is 17.3 Å². The molecule has 0 amide bonds. The molecule has 3 heteroatoms. The monoisotopic (exact) mass is 202 g/mol. The van der Waals surface area contributed by atoms with E-state index in [-0.39, 0.29) is 17.0 Å². The molecule has 1 fully saturated rings. The number of rotatable bonds is 3. The van der Waals surface area contributed by atoms with Gasteiger partial charge in [0.15, 0.2) is 0 Å². The van der Waals surface area contributed by atoms with Gasteiger partial charge in [-0.1, -0.05) is 0 Å². The lowest BCUT2D eigenvalue weighted by molar-refractivity contribution is -0.156. The van der Waals surface area contributed by atoms with E-state index in [1.54, 1.807) is 0 Å². The second-order valence-electron chi connectivity index (χ2n) is 4.92. The van der Waals surface area contributed by atoms with E-state index in [4.69, 9.17) is 4.74 Å². The van der Waals surface area contributed by atoms with Crippen LogP contribution in [-0.2, 0) is 9.53 Å². The predicted molar refractivity (Wildman–Crippen MR) is 56.0 cm³/mol. The van der Waals surface area contributed by atoms with E-state index in [0.717, 1.165) is 18.6 Å². The summed E-state index contributed by atoms with van der Waals surface area (Å²) in [6, 6.07) is 0. The molecule has 0 unspecified atom stereocenters. The number of ether oxygens (including phenoxy) is 1. The van der Waals surface area contributed by atoms with Crippen LogP contribution in [0, 0.1) is 5.41 Å². The summed E-state index contributed by atoms with van der Waals surface area (Å²) in [6.45, 7) is 5.68. The Balaban J connectivity index is 2.34. The smallest absolute Gasteiger partial charge is 0.306 e. The summed E-state index contributed by atoms with van der Waals surface area (Å²) in [4.78, 5) is 11.4. The molecule has 2 nitrogen and oxygen atoms in total. The molecule has 0 heterocycles. The van der Waals surface area contributed by atoms with Crippen LogP contribution >= 0.6 is 12.6 Å². The zero-order chi connectivity index (χ0) is 10.1. The van der Waals surface area contributed by atoms with Gasteiger partial charge in [-0.05, 0) is 44.8 Å². The summed E-state index contributed by atoms with van der Waals surface area (Å²) < 4.78 is 5.24. The molecule has 1 aliphatic carbocycles. The highest BCUT2D eigenvalue weighted by Gasteiger charge is 2.43. The average Bonchev–Trinajstić information content (AvgIpc) is 2.65. The van der Waals surface area contributed by atoms with Gasteiger partial charge in [-0.3, -0.25) is 4.79 Å². The molecule has 0 aromatic carbocycles. The zero-order valence-electron chi connectivity index (χ0n) is 8.59. The molecule has 1 saturated carbocycles. The topological polar surface area (TPSA) is 26.3 Å². The summed E-state index contributed by atoms with van der Waals surface area (Å²) in [6.07, 6.45) is 2.78. The second kappa shape index (κ2) is 3.52. The number of thiol groups is 1. The van der Waals surface area contributed by atoms with E-state index in [2.05, 4.69) is 12.6 Å². The lowest BCUT2D eigenvalue weighted by Gasteiger charge is -2.21. The third-order valence-electron chi connectivity index (χ3n) is 2.23. The van der Waals surface area contributed by atoms with Crippen LogP contribution in [0.1, 0.15) is 40.0 Å². The fourth-order valence-electron chi connectivity index (χ4n) is 1.25. The van der Waals surface area contributed by atoms with Crippen LogP contribution in [0.2, 0.25) is 0 Å². The van der Waals surface area contributed by atoms with Gasteiger partial charge in [-0.2, -0.15) is 12.6 Å². The quantitative estimate of drug-likeness (QED) is 0.562. The summed E-state index contributed by atoms with van der Waals surface area (Å²) in [7, 11) is 0. The van der Waals surface area contributed by atoms with Crippen molar-refractivity contribution < 1.29 is 9.53 Å². The minimum Gasteiger partial charge on any atom is -0.460 e. The third kappa shape index (κ3) is 3.59. The maximum absolute atomic E-state index is 11.4. The molecule has 76 valence electrons. The lowest BCUT2D eigenvalue weighted by atomic mass is 10.1. The SMILES string of the molecule is CC(C)(C)OC(=O)CC1(CS)CC1. The molecule has 0 bridgehead atoms. The molecule has 0 atom stereocenters. The maximum Gasteiger partial charge on any atom is 0.306 e. The van der Waals surface area contributed by atoms with Gasteiger partial charge >= 0.3 is 5.97 Å². The third-order valence-corrected chi connectivity index (χ3v) is 2.90. The Bertz CT molecular complexity index is 201. The van der Waals surface area contributed by atoms with E-state index >= 15 is 0 Å². The minimum absolute atomic E-state index is 0.0842. The minimum atomic E-state index is -0.357. The Morgan fingerprint density at radius 2 is 2.00 bits per heavy atom. The lowest BCUT2D eigenvalue weighted by Crippen LogP contribution is -2.25. The van der Waals surface area contributed by atoms with Gasteiger partial charge in [0, 0.05) is 0 Å². The van der Waals surface area contributed by atoms with Crippen LogP contribution in [0.15, 0.2) is 0 Å². The number of carbonyl (C=O) groups is 1. The van der Waals surface area contributed by atoms with Crippen molar-refractivity contribution in [2.45, 2.75) is 45.6 Å². The van der Waals surface area contributed by atoms with Gasteiger partial charge in [0.1, 0.15) is 5.60 Å². The molecule has 1 rings (SSSR count). The number of carbonyl (C=O) groups excluding carboxylic acids is 1. The van der Waals surface area contributed by atoms with Gasteiger partial charge in [0.2, 0.25) is 0 Å². The van der Waals surface area contributed by atoms with Crippen LogP contribution in [0.3, 0.4) is 0 Å². The zero-order valence-corrected chi connectivity index (χ0v) is 9.49. The Hall–Kier alpha value is -0.180. The summed E-state index contributed by atoms with van der Waals surface area (Å²) in [5.41, 5.74) is -0.185. The first-order chi connectivity index (χ1) is 5.87. The molecule has 0 spiro atoms. The van der Waals surface area contributed by atoms with Crippen molar-refractivity contribution in [3.05, 3.63) is 0 Å². The van der Waals surface area contributed by atoms with Crippen molar-refractivity contribution in [2.24, 2.45) is 5.41 Å². The Morgan fingerprint density at radius 3 is 2.31 bits per heavy atom. The van der Waals surface area contributed by atoms with E-state index in [1.807, 2.05) is 20.8 Å². The van der Waals surface area contributed by atoms with E-state index in [9.17, 15) is 4.79 Å². The summed E-state index contributed by atoms with van der Waals surface area (Å²) >= 11 is 4.24. The number of hydrogen-bond donors (Lipinski definition) is 1. The molecule has 0 saturated heterocycles. The van der Waals surface area contributed by atoms with Gasteiger partial charge < -0.3 is 4.74 Å². The Labute approximate surface area is 85.4 Å². The molecular weight excluding hydrogens is 184 g/mol. The van der Waals surface area contributed by atoms with Gasteiger partial charge in [0.25, 0.3) is 0 Å². The van der Waals surface area contributed by atoms with Crippen LogP contribution in [0.4, 0.5) is 0 Å². The molecule has 13 heavy (non-hydrogen) atoms. The number of esters is 1. The first-order valence-corrected chi connectivity index (χ1v) is 5.33. The molecule has 0 aromatic rings. The Kier molecular flexibility index (Phi) is 2.95. The van der Waals surface area contributed by atoms with Crippen molar-refractivity contribution in [2.75, 3.05) is 5.75 Å². The molecule has 0 radical (unpaired) electrons. The highest BCUT2D eigenvalue weighted by atomic mass is 32.1. The van der Waals surface area contributed by atoms with Gasteiger partial charge in [0.05, 0.1) is 6.42 Å². The highest BCUT2D eigenvalue weighted by molar-refractivity contribution is 7.80. The molecule has 0 aromatic heterocycles. The highest BCUT2D eigenvalue weighted by Crippen LogP contribution is 2.49. The van der Waals surface area contributed by atoms with Crippen molar-refractivity contribution in [1.29, 1.82) is 0 Å². The average molecular weight is 202 g/mol. The first kappa shape index (κ1) is 10.9. The summed E-state index contributed by atoms with van der Waals surface area (Å²) in [5.74, 6) is 0.714. The van der Waals surface area contributed by atoms with Crippen LogP contribution in [0.5, 0.6) is 0 Å². The van der Waals surface area contributed by atoms with Crippen LogP contribution < -0.4 is 0 Å². The first-order valence-electron chi connectivity index (χ1n) is 4.70. The Morgan fingerprint density at radius 1 is 1.46 bits per heavy atom. The van der Waals surface area contributed by atoms with Crippen molar-refractivity contribution >= 4 is 18.6 Å². The van der Waals surface area contributed by atoms with E-state index in [0.29, 0.717) is 6.42 Å². The van der Waals surface area contributed by atoms with Crippen molar-refractivity contribution in [3.8, 4) is 0 Å². The normalized spacial score (nSPS) is 19.7. The largest absolute Gasteiger partial charge is 0.460 e. The van der Waals surface area contributed by atoms with Gasteiger partial charge in [-0.15, -0.1) is 0 Å². The van der Waals surface area contributed by atoms with Crippen LogP contribution in [0.25, 0.3) is 0 Å². The van der Waals surface area contributed by atoms with Crippen molar-refractivity contribution in [1.82, 2.24) is 0 Å². The molecule has 1 aliphatic rings.